The Labute approximate surface area is 190 Å². The van der Waals surface area contributed by atoms with Crippen LogP contribution in [-0.2, 0) is 20.8 Å². The molecule has 0 aromatic heterocycles. The van der Waals surface area contributed by atoms with Gasteiger partial charge in [-0.15, -0.1) is 0 Å². The molecular formula is C22H25ClN2O5S. The first-order valence-electron chi connectivity index (χ1n) is 9.53. The Morgan fingerprint density at radius 1 is 1.06 bits per heavy atom. The van der Waals surface area contributed by atoms with Crippen LogP contribution in [0.4, 0.5) is 5.69 Å². The summed E-state index contributed by atoms with van der Waals surface area (Å²) in [7, 11) is 0. The molecule has 1 unspecified atom stereocenters. The number of carboxylic acids is 2. The minimum absolute atomic E-state index is 0.101. The lowest BCUT2D eigenvalue weighted by atomic mass is 9.77. The van der Waals surface area contributed by atoms with Crippen molar-refractivity contribution in [3.8, 4) is 0 Å². The Morgan fingerprint density at radius 2 is 1.65 bits per heavy atom. The van der Waals surface area contributed by atoms with E-state index >= 15 is 0 Å². The fourth-order valence-electron chi connectivity index (χ4n) is 3.61. The Balaban J connectivity index is 2.73. The van der Waals surface area contributed by atoms with Crippen LogP contribution in [0.25, 0.3) is 0 Å². The van der Waals surface area contributed by atoms with Gasteiger partial charge in [0.25, 0.3) is 0 Å². The Kier molecular flexibility index (Phi) is 8.91. The minimum Gasteiger partial charge on any atom is -0.480 e. The smallest absolute Gasteiger partial charge is 0.325 e. The normalized spacial score (nSPS) is 12.9. The lowest BCUT2D eigenvalue weighted by Crippen LogP contribution is -2.62. The predicted molar refractivity (Wildman–Crippen MR) is 123 cm³/mol. The molecule has 1 atom stereocenters. The van der Waals surface area contributed by atoms with Crippen LogP contribution in [0, 0.1) is 5.92 Å². The molecule has 0 radical (unpaired) electrons. The van der Waals surface area contributed by atoms with Gasteiger partial charge in [0.05, 0.1) is 6.67 Å². The van der Waals surface area contributed by atoms with E-state index < -0.39 is 29.2 Å². The number of Topliss-reactive ketones (excluding diaryl/α,β-unsaturated/α-hetero) is 1. The van der Waals surface area contributed by atoms with E-state index in [0.717, 1.165) is 5.56 Å². The van der Waals surface area contributed by atoms with Gasteiger partial charge in [0, 0.05) is 17.1 Å². The number of hydrogen-bond donors (Lipinski definition) is 3. The molecule has 0 aliphatic heterocycles. The molecule has 9 heteroatoms. The number of nitrogens with two attached hydrogens (primary N) is 1. The number of benzene rings is 2. The minimum atomic E-state index is -2.22. The molecule has 0 bridgehead atoms. The molecule has 7 nitrogen and oxygen atoms in total. The van der Waals surface area contributed by atoms with Gasteiger partial charge in [0.2, 0.25) is 5.92 Å². The number of carbonyl (C=O) groups excluding carboxylic acids is 1. The zero-order valence-corrected chi connectivity index (χ0v) is 18.6. The number of ketones is 1. The number of carboxylic acid groups (broad SMARTS) is 2. The van der Waals surface area contributed by atoms with E-state index in [-0.39, 0.29) is 19.5 Å². The Morgan fingerprint density at radius 3 is 2.13 bits per heavy atom. The Hall–Kier alpha value is -2.55. The van der Waals surface area contributed by atoms with Crippen LogP contribution in [0.1, 0.15) is 12.0 Å². The monoisotopic (exact) mass is 464 g/mol. The second-order valence-electron chi connectivity index (χ2n) is 7.00. The van der Waals surface area contributed by atoms with Crippen molar-refractivity contribution in [2.75, 3.05) is 23.6 Å². The molecule has 0 fully saturated rings. The molecule has 0 saturated heterocycles. The number of aliphatic carboxylic acids is 2. The van der Waals surface area contributed by atoms with Crippen LogP contribution in [0.5, 0.6) is 0 Å². The molecule has 0 saturated carbocycles. The fraction of sp³-hybridized carbons (Fsp3) is 0.318. The molecule has 0 aliphatic rings. The molecule has 2 aromatic carbocycles. The first-order valence-corrected chi connectivity index (χ1v) is 11.3. The fourth-order valence-corrected chi connectivity index (χ4v) is 4.28. The third-order valence-electron chi connectivity index (χ3n) is 5.11. The second kappa shape index (κ2) is 11.2. The highest BCUT2D eigenvalue weighted by molar-refractivity contribution is 7.98. The molecular weight excluding hydrogens is 440 g/mol. The number of hydrogen-bond acceptors (Lipinski definition) is 6. The molecule has 4 N–H and O–H groups in total. The molecule has 2 rings (SSSR count). The maximum atomic E-state index is 13.7. The molecule has 0 amide bonds. The van der Waals surface area contributed by atoms with E-state index in [1.54, 1.807) is 41.3 Å². The number of carbonyl (C=O) groups is 3. The average Bonchev–Trinajstić information content (AvgIpc) is 2.73. The summed E-state index contributed by atoms with van der Waals surface area (Å²) in [6.07, 6.45) is 2.17. The van der Waals surface area contributed by atoms with Gasteiger partial charge >= 0.3 is 11.9 Å². The topological polar surface area (TPSA) is 121 Å². The molecule has 0 heterocycles. The van der Waals surface area contributed by atoms with Gasteiger partial charge in [0.15, 0.2) is 5.78 Å². The van der Waals surface area contributed by atoms with Gasteiger partial charge in [-0.05, 0) is 48.3 Å². The highest BCUT2D eigenvalue weighted by Gasteiger charge is 2.51. The quantitative estimate of drug-likeness (QED) is 0.323. The number of thioether (sulfide) groups is 1. The number of rotatable bonds is 12. The second-order valence-corrected chi connectivity index (χ2v) is 8.42. The van der Waals surface area contributed by atoms with Gasteiger partial charge in [0.1, 0.15) is 5.54 Å². The third kappa shape index (κ3) is 5.78. The maximum absolute atomic E-state index is 13.7. The van der Waals surface area contributed by atoms with Crippen LogP contribution in [0.3, 0.4) is 0 Å². The van der Waals surface area contributed by atoms with Gasteiger partial charge in [-0.1, -0.05) is 41.9 Å². The van der Waals surface area contributed by atoms with Crippen molar-refractivity contribution in [1.29, 1.82) is 0 Å². The summed E-state index contributed by atoms with van der Waals surface area (Å²) < 4.78 is 0. The molecule has 0 aliphatic carbocycles. The van der Waals surface area contributed by atoms with Gasteiger partial charge < -0.3 is 20.8 Å². The summed E-state index contributed by atoms with van der Waals surface area (Å²) in [6.45, 7) is -0.124. The molecule has 2 aromatic rings. The van der Waals surface area contributed by atoms with E-state index in [2.05, 4.69) is 0 Å². The van der Waals surface area contributed by atoms with Crippen molar-refractivity contribution in [3.05, 3.63) is 65.2 Å². The van der Waals surface area contributed by atoms with Crippen molar-refractivity contribution in [2.45, 2.75) is 18.4 Å². The summed E-state index contributed by atoms with van der Waals surface area (Å²) in [5, 5.41) is 19.6. The van der Waals surface area contributed by atoms with E-state index in [0.29, 0.717) is 16.5 Å². The van der Waals surface area contributed by atoms with Crippen LogP contribution in [0.15, 0.2) is 54.6 Å². The lowest BCUT2D eigenvalue weighted by Gasteiger charge is -2.44. The van der Waals surface area contributed by atoms with Crippen LogP contribution in [-0.4, -0.2) is 52.2 Å². The van der Waals surface area contributed by atoms with E-state index in [1.807, 2.05) is 24.5 Å². The summed E-state index contributed by atoms with van der Waals surface area (Å²) >= 11 is 7.48. The Bertz CT molecular complexity index is 896. The predicted octanol–water partition coefficient (Wildman–Crippen LogP) is 3.15. The van der Waals surface area contributed by atoms with Crippen LogP contribution < -0.4 is 10.6 Å². The molecule has 0 spiro atoms. The standard InChI is InChI=1S/C22H25ClN2O5S/c1-31-12-11-22(13-15-5-3-2-4-6-15,19(26)18(20(27)28)21(29)30)25(14-24)17-9-7-16(23)8-10-17/h2-10,18H,11-14,24H2,1H3,(H,27,28)(H,29,30). The van der Waals surface area contributed by atoms with Crippen molar-refractivity contribution >= 4 is 46.8 Å². The van der Waals surface area contributed by atoms with E-state index in [9.17, 15) is 24.6 Å². The summed E-state index contributed by atoms with van der Waals surface area (Å²) in [4.78, 5) is 38.8. The third-order valence-corrected chi connectivity index (χ3v) is 5.98. The van der Waals surface area contributed by atoms with Crippen molar-refractivity contribution in [2.24, 2.45) is 11.7 Å². The first-order chi connectivity index (χ1) is 14.8. The largest absolute Gasteiger partial charge is 0.480 e. The molecule has 31 heavy (non-hydrogen) atoms. The average molecular weight is 465 g/mol. The first kappa shape index (κ1) is 24.7. The van der Waals surface area contributed by atoms with Crippen LogP contribution >= 0.6 is 23.4 Å². The highest BCUT2D eigenvalue weighted by atomic mass is 35.5. The SMILES string of the molecule is CSCCC(Cc1ccccc1)(C(=O)C(C(=O)O)C(=O)O)N(CN)c1ccc(Cl)cc1. The van der Waals surface area contributed by atoms with Crippen molar-refractivity contribution < 1.29 is 24.6 Å². The van der Waals surface area contributed by atoms with E-state index in [4.69, 9.17) is 17.3 Å². The van der Waals surface area contributed by atoms with Crippen molar-refractivity contribution in [1.82, 2.24) is 0 Å². The summed E-state index contributed by atoms with van der Waals surface area (Å²) in [5.41, 5.74) is 5.90. The number of nitrogens with zero attached hydrogens (tertiary/aromatic N) is 1. The van der Waals surface area contributed by atoms with Crippen LogP contribution in [0.2, 0.25) is 5.02 Å². The van der Waals surface area contributed by atoms with Crippen molar-refractivity contribution in [3.63, 3.8) is 0 Å². The van der Waals surface area contributed by atoms with Gasteiger partial charge in [-0.25, -0.2) is 0 Å². The highest BCUT2D eigenvalue weighted by Crippen LogP contribution is 2.35. The van der Waals surface area contributed by atoms with Gasteiger partial charge in [-0.2, -0.15) is 11.8 Å². The summed E-state index contributed by atoms with van der Waals surface area (Å²) in [5.74, 6) is -6.04. The zero-order valence-electron chi connectivity index (χ0n) is 17.0. The summed E-state index contributed by atoms with van der Waals surface area (Å²) in [6, 6.07) is 15.7. The number of halogens is 1. The lowest BCUT2D eigenvalue weighted by molar-refractivity contribution is -0.159. The maximum Gasteiger partial charge on any atom is 0.325 e. The van der Waals surface area contributed by atoms with Gasteiger partial charge in [-0.3, -0.25) is 14.4 Å². The molecule has 166 valence electrons. The number of anilines is 1. The van der Waals surface area contributed by atoms with E-state index in [1.165, 1.54) is 11.8 Å². The zero-order chi connectivity index (χ0) is 23.0.